The molecule has 0 saturated heterocycles. The zero-order chi connectivity index (χ0) is 11.4. The van der Waals surface area contributed by atoms with Crippen LogP contribution in [0.4, 0.5) is 0 Å². The standard InChI is InChI=1S/C8H16N.ClHO4/c1-7(2)8-5-4-6-9(8)3;2-1(3,4)5/h7H,4-6H2,1-3H3;(H,2,3,4,5)/q+1;/p-1. The number of hydrogen-bond acceptors (Lipinski definition) is 4. The SMILES string of the molecule is CC(C)C1=[N+](C)CCC1.[O-][Cl+3]([O-])([O-])[O-]. The molecule has 0 N–H and O–H groups in total. The summed E-state index contributed by atoms with van der Waals surface area (Å²) in [7, 11) is -2.75. The van der Waals surface area contributed by atoms with E-state index in [-0.39, 0.29) is 0 Å². The predicted molar refractivity (Wildman–Crippen MR) is 40.1 cm³/mol. The monoisotopic (exact) mass is 225 g/mol. The zero-order valence-electron chi connectivity index (χ0n) is 8.66. The molecule has 0 bridgehead atoms. The van der Waals surface area contributed by atoms with Gasteiger partial charge in [0.15, 0.2) is 5.71 Å². The highest BCUT2D eigenvalue weighted by molar-refractivity contribution is 5.82. The lowest BCUT2D eigenvalue weighted by Crippen LogP contribution is -2.68. The quantitative estimate of drug-likeness (QED) is 0.438. The summed E-state index contributed by atoms with van der Waals surface area (Å²) in [4.78, 5) is 0. The molecule has 0 aromatic rings. The summed E-state index contributed by atoms with van der Waals surface area (Å²) in [6.45, 7) is 5.82. The second-order valence-electron chi connectivity index (χ2n) is 3.55. The summed E-state index contributed by atoms with van der Waals surface area (Å²) in [6.07, 6.45) is 2.69. The molecule has 1 aliphatic heterocycles. The molecule has 0 aliphatic carbocycles. The van der Waals surface area contributed by atoms with Gasteiger partial charge in [-0.25, -0.2) is 23.2 Å². The second-order valence-corrected chi connectivity index (χ2v) is 4.31. The molecule has 0 fully saturated rings. The molecule has 0 atom stereocenters. The van der Waals surface area contributed by atoms with E-state index >= 15 is 0 Å². The molecule has 5 nitrogen and oxygen atoms in total. The molecule has 0 unspecified atom stereocenters. The van der Waals surface area contributed by atoms with Crippen LogP contribution in [-0.4, -0.2) is 23.9 Å². The number of hydrogen-bond donors (Lipinski definition) is 0. The summed E-state index contributed by atoms with van der Waals surface area (Å²) < 4.78 is 36.4. The molecule has 0 spiro atoms. The first-order chi connectivity index (χ1) is 6.22. The smallest absolute Gasteiger partial charge is 0.154 e. The summed E-state index contributed by atoms with van der Waals surface area (Å²) in [5.74, 6) is 0.762. The summed E-state index contributed by atoms with van der Waals surface area (Å²) in [5.41, 5.74) is 1.63. The molecule has 6 heteroatoms. The lowest BCUT2D eigenvalue weighted by Gasteiger charge is -2.17. The molecule has 0 amide bonds. The molecule has 1 aliphatic rings. The molecule has 14 heavy (non-hydrogen) atoms. The van der Waals surface area contributed by atoms with Gasteiger partial charge in [0, 0.05) is 18.8 Å². The maximum atomic E-state index is 8.49. The zero-order valence-corrected chi connectivity index (χ0v) is 9.41. The fourth-order valence-electron chi connectivity index (χ4n) is 1.56. The van der Waals surface area contributed by atoms with Crippen LogP contribution in [0.2, 0.25) is 0 Å². The highest BCUT2D eigenvalue weighted by atomic mass is 35.7. The normalized spacial score (nSPS) is 17.1. The summed E-state index contributed by atoms with van der Waals surface area (Å²) in [6, 6.07) is 0. The van der Waals surface area contributed by atoms with Crippen molar-refractivity contribution in [1.82, 2.24) is 0 Å². The van der Waals surface area contributed by atoms with Gasteiger partial charge in [0.05, 0.1) is 0 Å². The molecular formula is C8H16ClNO4. The van der Waals surface area contributed by atoms with Crippen molar-refractivity contribution in [3.8, 4) is 0 Å². The van der Waals surface area contributed by atoms with Crippen molar-refractivity contribution in [2.45, 2.75) is 26.7 Å². The first-order valence-corrected chi connectivity index (χ1v) is 5.64. The maximum absolute atomic E-state index is 8.49. The third-order valence-electron chi connectivity index (χ3n) is 2.08. The Kier molecular flexibility index (Phi) is 5.54. The van der Waals surface area contributed by atoms with E-state index in [4.69, 9.17) is 18.6 Å². The molecule has 1 rings (SSSR count). The van der Waals surface area contributed by atoms with Gasteiger partial charge >= 0.3 is 0 Å². The highest BCUT2D eigenvalue weighted by Crippen LogP contribution is 2.09. The Hall–Kier alpha value is -0.200. The van der Waals surface area contributed by atoms with Crippen molar-refractivity contribution in [1.29, 1.82) is 0 Å². The number of rotatable bonds is 1. The maximum Gasteiger partial charge on any atom is 0.154 e. The summed E-state index contributed by atoms with van der Waals surface area (Å²) >= 11 is 0. The first kappa shape index (κ1) is 13.8. The van der Waals surface area contributed by atoms with Crippen molar-refractivity contribution in [3.63, 3.8) is 0 Å². The van der Waals surface area contributed by atoms with E-state index in [9.17, 15) is 0 Å². The molecule has 1 heterocycles. The van der Waals surface area contributed by atoms with Crippen LogP contribution in [-0.2, 0) is 0 Å². The van der Waals surface area contributed by atoms with Crippen molar-refractivity contribution in [2.75, 3.05) is 13.6 Å². The van der Waals surface area contributed by atoms with Crippen LogP contribution in [0, 0.1) is 16.2 Å². The minimum atomic E-state index is -4.94. The third kappa shape index (κ3) is 7.23. The average molecular weight is 226 g/mol. The largest absolute Gasteiger partial charge is 0.239 e. The fraction of sp³-hybridized carbons (Fsp3) is 0.875. The third-order valence-corrected chi connectivity index (χ3v) is 2.08. The Bertz CT molecular complexity index is 204. The Morgan fingerprint density at radius 1 is 1.21 bits per heavy atom. The van der Waals surface area contributed by atoms with Crippen molar-refractivity contribution >= 4 is 5.71 Å². The number of halogens is 1. The Labute approximate surface area is 86.0 Å². The van der Waals surface area contributed by atoms with Crippen LogP contribution >= 0.6 is 0 Å². The second kappa shape index (κ2) is 5.63. The van der Waals surface area contributed by atoms with E-state index in [1.807, 2.05) is 0 Å². The van der Waals surface area contributed by atoms with Crippen LogP contribution in [0.15, 0.2) is 0 Å². The summed E-state index contributed by atoms with van der Waals surface area (Å²) in [5, 5.41) is 0. The molecule has 0 radical (unpaired) electrons. The predicted octanol–water partition coefficient (Wildman–Crippen LogP) is -3.24. The van der Waals surface area contributed by atoms with Crippen LogP contribution < -0.4 is 18.6 Å². The average Bonchev–Trinajstić information content (AvgIpc) is 2.30. The minimum absolute atomic E-state index is 0.762. The van der Waals surface area contributed by atoms with Crippen LogP contribution in [0.3, 0.4) is 0 Å². The van der Waals surface area contributed by atoms with E-state index in [0.29, 0.717) is 0 Å². The van der Waals surface area contributed by atoms with Gasteiger partial charge in [-0.3, -0.25) is 0 Å². The van der Waals surface area contributed by atoms with E-state index in [2.05, 4.69) is 25.5 Å². The van der Waals surface area contributed by atoms with Crippen LogP contribution in [0.5, 0.6) is 0 Å². The van der Waals surface area contributed by atoms with Gasteiger partial charge in [-0.2, -0.15) is 0 Å². The van der Waals surface area contributed by atoms with E-state index in [0.717, 1.165) is 5.92 Å². The van der Waals surface area contributed by atoms with E-state index in [1.165, 1.54) is 19.4 Å². The molecular weight excluding hydrogens is 210 g/mol. The van der Waals surface area contributed by atoms with Crippen LogP contribution in [0.25, 0.3) is 0 Å². The van der Waals surface area contributed by atoms with Gasteiger partial charge in [-0.05, 0) is 0 Å². The van der Waals surface area contributed by atoms with Gasteiger partial charge in [-0.15, -0.1) is 10.2 Å². The van der Waals surface area contributed by atoms with Crippen molar-refractivity contribution in [3.05, 3.63) is 0 Å². The molecule has 0 saturated carbocycles. The van der Waals surface area contributed by atoms with E-state index < -0.39 is 10.2 Å². The molecule has 0 aromatic heterocycles. The van der Waals surface area contributed by atoms with Gasteiger partial charge < -0.3 is 0 Å². The van der Waals surface area contributed by atoms with Gasteiger partial charge in [-0.1, -0.05) is 13.8 Å². The molecule has 84 valence electrons. The molecule has 0 aromatic carbocycles. The Morgan fingerprint density at radius 3 is 1.79 bits per heavy atom. The first-order valence-electron chi connectivity index (χ1n) is 4.40. The Balaban J connectivity index is 0.000000292. The lowest BCUT2D eigenvalue weighted by atomic mass is 10.1. The van der Waals surface area contributed by atoms with Crippen molar-refractivity contribution < 1.29 is 33.5 Å². The minimum Gasteiger partial charge on any atom is -0.239 e. The van der Waals surface area contributed by atoms with Gasteiger partial charge in [0.1, 0.15) is 13.6 Å². The Morgan fingerprint density at radius 2 is 1.64 bits per heavy atom. The topological polar surface area (TPSA) is 95.2 Å². The van der Waals surface area contributed by atoms with Gasteiger partial charge in [0.2, 0.25) is 0 Å². The lowest BCUT2D eigenvalue weighted by molar-refractivity contribution is -2.00. The number of nitrogens with zero attached hydrogens (tertiary/aromatic N) is 1. The van der Waals surface area contributed by atoms with Crippen LogP contribution in [0.1, 0.15) is 26.7 Å². The van der Waals surface area contributed by atoms with Crippen molar-refractivity contribution in [2.24, 2.45) is 5.92 Å². The van der Waals surface area contributed by atoms with E-state index in [1.54, 1.807) is 5.71 Å². The van der Waals surface area contributed by atoms with Gasteiger partial charge in [0.25, 0.3) is 0 Å². The highest BCUT2D eigenvalue weighted by Gasteiger charge is 2.20. The fourth-order valence-corrected chi connectivity index (χ4v) is 1.56.